The van der Waals surface area contributed by atoms with E-state index in [4.69, 9.17) is 22.1 Å². The summed E-state index contributed by atoms with van der Waals surface area (Å²) in [6, 6.07) is 1.68. The van der Waals surface area contributed by atoms with Crippen LogP contribution >= 0.6 is 11.6 Å². The second-order valence-electron chi connectivity index (χ2n) is 8.81. The van der Waals surface area contributed by atoms with Gasteiger partial charge in [0.05, 0.1) is 12.7 Å². The Kier molecular flexibility index (Phi) is 5.65. The molecule has 5 fully saturated rings. The van der Waals surface area contributed by atoms with Gasteiger partial charge in [-0.25, -0.2) is 4.79 Å². The fraction of sp³-hybridized carbons (Fsp3) is 0.947. The van der Waals surface area contributed by atoms with Gasteiger partial charge in [-0.2, -0.15) is 0 Å². The molecule has 3 aliphatic heterocycles. The van der Waals surface area contributed by atoms with Gasteiger partial charge >= 0.3 is 6.03 Å². The van der Waals surface area contributed by atoms with Crippen LogP contribution in [0.3, 0.4) is 0 Å². The van der Waals surface area contributed by atoms with E-state index >= 15 is 0 Å². The van der Waals surface area contributed by atoms with Gasteiger partial charge in [0.15, 0.2) is 0 Å². The average Bonchev–Trinajstić information content (AvgIpc) is 2.55. The summed E-state index contributed by atoms with van der Waals surface area (Å²) in [5.74, 6) is 0.764. The molecule has 2 bridgehead atoms. The number of ether oxygens (including phenoxy) is 1. The summed E-state index contributed by atoms with van der Waals surface area (Å²) in [6.45, 7) is 5.37. The van der Waals surface area contributed by atoms with Crippen molar-refractivity contribution in [3.05, 3.63) is 0 Å². The highest BCUT2D eigenvalue weighted by molar-refractivity contribution is 6.21. The Bertz CT molecular complexity index is 504. The standard InChI is InChI=1S/C19H33ClN4O2/c1-12-6-14-9-15(7-12)24(14)19(25)22-13-2-3-17(20)18(8-13)23-10-16(11-23)26-5-4-21/h12-18H,2-11,21H2,1H3,(H,22,25). The summed E-state index contributed by atoms with van der Waals surface area (Å²) in [7, 11) is 0. The van der Waals surface area contributed by atoms with Crippen LogP contribution in [-0.2, 0) is 4.74 Å². The van der Waals surface area contributed by atoms with Crippen LogP contribution in [0.15, 0.2) is 0 Å². The summed E-state index contributed by atoms with van der Waals surface area (Å²) in [4.78, 5) is 17.3. The Labute approximate surface area is 161 Å². The highest BCUT2D eigenvalue weighted by Crippen LogP contribution is 2.41. The van der Waals surface area contributed by atoms with Crippen LogP contribution in [-0.4, -0.2) is 77.7 Å². The summed E-state index contributed by atoms with van der Waals surface area (Å²) < 4.78 is 5.69. The SMILES string of the molecule is CC1CC2CC(C1)N2C(=O)NC1CCC(Cl)C(N2CC(OCCN)C2)C1. The summed E-state index contributed by atoms with van der Waals surface area (Å²) in [6.07, 6.45) is 6.72. The van der Waals surface area contributed by atoms with E-state index in [0.717, 1.165) is 38.3 Å². The molecule has 5 atom stereocenters. The van der Waals surface area contributed by atoms with Gasteiger partial charge < -0.3 is 20.7 Å². The number of hydrogen-bond acceptors (Lipinski definition) is 4. The molecule has 0 aromatic carbocycles. The Hall–Kier alpha value is -0.560. The quantitative estimate of drug-likeness (QED) is 0.708. The molecule has 3 heterocycles. The van der Waals surface area contributed by atoms with Crippen molar-refractivity contribution in [2.75, 3.05) is 26.2 Å². The van der Waals surface area contributed by atoms with Crippen LogP contribution in [0.4, 0.5) is 4.79 Å². The smallest absolute Gasteiger partial charge is 0.318 e. The molecule has 5 rings (SSSR count). The fourth-order valence-corrected chi connectivity index (χ4v) is 5.81. The molecule has 0 aromatic rings. The van der Waals surface area contributed by atoms with Gasteiger partial charge in [-0.15, -0.1) is 11.6 Å². The number of halogens is 1. The molecule has 6 nitrogen and oxygen atoms in total. The first-order valence-corrected chi connectivity index (χ1v) is 10.8. The number of urea groups is 1. The van der Waals surface area contributed by atoms with Crippen LogP contribution in [0.1, 0.15) is 45.4 Å². The van der Waals surface area contributed by atoms with Gasteiger partial charge in [0.1, 0.15) is 0 Å². The molecule has 148 valence electrons. The van der Waals surface area contributed by atoms with E-state index < -0.39 is 0 Å². The van der Waals surface area contributed by atoms with E-state index in [1.165, 1.54) is 19.3 Å². The Balaban J connectivity index is 1.25. The Morgan fingerprint density at radius 2 is 1.92 bits per heavy atom. The summed E-state index contributed by atoms with van der Waals surface area (Å²) >= 11 is 6.61. The van der Waals surface area contributed by atoms with Crippen LogP contribution in [0.5, 0.6) is 0 Å². The van der Waals surface area contributed by atoms with Gasteiger partial charge in [-0.1, -0.05) is 6.92 Å². The monoisotopic (exact) mass is 384 g/mol. The maximum Gasteiger partial charge on any atom is 0.318 e. The van der Waals surface area contributed by atoms with Gasteiger partial charge in [0, 0.05) is 49.2 Å². The lowest BCUT2D eigenvalue weighted by atomic mass is 9.74. The molecular weight excluding hydrogens is 352 g/mol. The Morgan fingerprint density at radius 3 is 2.62 bits per heavy atom. The van der Waals surface area contributed by atoms with Crippen LogP contribution in [0.25, 0.3) is 0 Å². The number of rotatable bonds is 5. The molecule has 3 saturated heterocycles. The largest absolute Gasteiger partial charge is 0.374 e. The topological polar surface area (TPSA) is 70.8 Å². The number of carbonyl (C=O) groups is 1. The number of piperidine rings is 1. The van der Waals surface area contributed by atoms with Crippen molar-refractivity contribution in [3.63, 3.8) is 0 Å². The molecule has 0 spiro atoms. The molecular formula is C19H33ClN4O2. The van der Waals surface area contributed by atoms with Gasteiger partial charge in [-0.05, 0) is 44.4 Å². The molecule has 26 heavy (non-hydrogen) atoms. The average molecular weight is 385 g/mol. The fourth-order valence-electron chi connectivity index (χ4n) is 5.43. The lowest BCUT2D eigenvalue weighted by molar-refractivity contribution is -0.0756. The minimum absolute atomic E-state index is 0.155. The number of likely N-dealkylation sites (tertiary alicyclic amines) is 1. The van der Waals surface area contributed by atoms with Crippen molar-refractivity contribution in [2.45, 2.75) is 81.1 Å². The van der Waals surface area contributed by atoms with Crippen molar-refractivity contribution < 1.29 is 9.53 Å². The van der Waals surface area contributed by atoms with Crippen molar-refractivity contribution in [3.8, 4) is 0 Å². The number of fused-ring (bicyclic) bond motifs is 2. The maximum absolute atomic E-state index is 12.8. The molecule has 2 saturated carbocycles. The zero-order valence-corrected chi connectivity index (χ0v) is 16.5. The molecule has 3 N–H and O–H groups in total. The molecule has 2 aliphatic carbocycles. The number of alkyl halides is 1. The third kappa shape index (κ3) is 3.71. The highest BCUT2D eigenvalue weighted by Gasteiger charge is 2.47. The first-order valence-electron chi connectivity index (χ1n) is 10.3. The van der Waals surface area contributed by atoms with E-state index in [0.29, 0.717) is 37.4 Å². The first kappa shape index (κ1) is 18.8. The highest BCUT2D eigenvalue weighted by atomic mass is 35.5. The van der Waals surface area contributed by atoms with E-state index in [1.807, 2.05) is 0 Å². The van der Waals surface area contributed by atoms with Crippen molar-refractivity contribution in [1.82, 2.24) is 15.1 Å². The van der Waals surface area contributed by atoms with Crippen molar-refractivity contribution >= 4 is 17.6 Å². The lowest BCUT2D eigenvalue weighted by Gasteiger charge is -2.55. The zero-order chi connectivity index (χ0) is 18.3. The van der Waals surface area contributed by atoms with Crippen LogP contribution < -0.4 is 11.1 Å². The molecule has 0 aromatic heterocycles. The van der Waals surface area contributed by atoms with Gasteiger partial charge in [-0.3, -0.25) is 4.90 Å². The zero-order valence-electron chi connectivity index (χ0n) is 15.8. The number of nitrogens with zero attached hydrogens (tertiary/aromatic N) is 2. The minimum atomic E-state index is 0.155. The predicted octanol–water partition coefficient (Wildman–Crippen LogP) is 1.76. The molecule has 0 radical (unpaired) electrons. The van der Waals surface area contributed by atoms with Crippen molar-refractivity contribution in [2.24, 2.45) is 11.7 Å². The third-order valence-corrected chi connectivity index (χ3v) is 7.30. The van der Waals surface area contributed by atoms with Crippen LogP contribution in [0.2, 0.25) is 0 Å². The number of nitrogens with one attached hydrogen (secondary N) is 1. The van der Waals surface area contributed by atoms with Crippen LogP contribution in [0, 0.1) is 5.92 Å². The number of nitrogens with two attached hydrogens (primary N) is 1. The predicted molar refractivity (Wildman–Crippen MR) is 102 cm³/mol. The Morgan fingerprint density at radius 1 is 1.19 bits per heavy atom. The first-order chi connectivity index (χ1) is 12.5. The normalized spacial score (nSPS) is 40.7. The number of carbonyl (C=O) groups excluding carboxylic acids is 1. The molecule has 7 heteroatoms. The van der Waals surface area contributed by atoms with E-state index in [1.54, 1.807) is 0 Å². The number of hydrogen-bond donors (Lipinski definition) is 2. The summed E-state index contributed by atoms with van der Waals surface area (Å²) in [5, 5.41) is 3.49. The minimum Gasteiger partial charge on any atom is -0.374 e. The second kappa shape index (κ2) is 7.82. The molecule has 5 unspecified atom stereocenters. The second-order valence-corrected chi connectivity index (χ2v) is 9.37. The van der Waals surface area contributed by atoms with E-state index in [2.05, 4.69) is 22.0 Å². The maximum atomic E-state index is 12.8. The van der Waals surface area contributed by atoms with Crippen molar-refractivity contribution in [1.29, 1.82) is 0 Å². The summed E-state index contributed by atoms with van der Waals surface area (Å²) in [5.41, 5.74) is 5.50. The third-order valence-electron chi connectivity index (χ3n) is 6.79. The number of amides is 2. The molecule has 2 amide bonds. The van der Waals surface area contributed by atoms with Gasteiger partial charge in [0.2, 0.25) is 0 Å². The molecule has 5 aliphatic rings. The lowest BCUT2D eigenvalue weighted by Crippen LogP contribution is -2.66. The van der Waals surface area contributed by atoms with E-state index in [-0.39, 0.29) is 17.5 Å². The van der Waals surface area contributed by atoms with Gasteiger partial charge in [0.25, 0.3) is 0 Å². The van der Waals surface area contributed by atoms with E-state index in [9.17, 15) is 4.79 Å².